The Hall–Kier alpha value is -0.740. The molecule has 1 heteroatoms. The van der Waals surface area contributed by atoms with Crippen LogP contribution in [0.4, 0.5) is 0 Å². The van der Waals surface area contributed by atoms with Crippen molar-refractivity contribution in [2.45, 2.75) is 45.4 Å². The Kier molecular flexibility index (Phi) is 5.40. The normalized spacial score (nSPS) is 10.0. The number of terminal acetylenes is 1. The number of hydrogen-bond acceptors (Lipinski definition) is 1. The van der Waals surface area contributed by atoms with Gasteiger partial charge in [0.2, 0.25) is 0 Å². The first kappa shape index (κ1) is 11.3. The van der Waals surface area contributed by atoms with Crippen LogP contribution < -0.4 is 0 Å². The van der Waals surface area contributed by atoms with Gasteiger partial charge in [-0.3, -0.25) is 0 Å². The van der Waals surface area contributed by atoms with E-state index in [4.69, 9.17) is 6.42 Å². The Morgan fingerprint density at radius 3 is 2.93 bits per heavy atom. The molecule has 14 heavy (non-hydrogen) atoms. The van der Waals surface area contributed by atoms with Gasteiger partial charge in [-0.25, -0.2) is 0 Å². The monoisotopic (exact) mass is 206 g/mol. The van der Waals surface area contributed by atoms with Gasteiger partial charge in [0.05, 0.1) is 0 Å². The quantitative estimate of drug-likeness (QED) is 0.486. The van der Waals surface area contributed by atoms with Crippen LogP contribution in [0.25, 0.3) is 0 Å². The molecule has 0 amide bonds. The summed E-state index contributed by atoms with van der Waals surface area (Å²) in [5.41, 5.74) is 1.47. The van der Waals surface area contributed by atoms with Crippen LogP contribution in [0.3, 0.4) is 0 Å². The molecule has 1 rings (SSSR count). The van der Waals surface area contributed by atoms with Crippen molar-refractivity contribution >= 4 is 11.3 Å². The van der Waals surface area contributed by atoms with Crippen molar-refractivity contribution in [2.75, 3.05) is 0 Å². The topological polar surface area (TPSA) is 0 Å². The van der Waals surface area contributed by atoms with E-state index >= 15 is 0 Å². The molecule has 0 atom stereocenters. The zero-order valence-corrected chi connectivity index (χ0v) is 9.70. The van der Waals surface area contributed by atoms with E-state index in [1.165, 1.54) is 42.5 Å². The van der Waals surface area contributed by atoms with Crippen molar-refractivity contribution in [2.24, 2.45) is 0 Å². The van der Waals surface area contributed by atoms with E-state index in [0.29, 0.717) is 0 Å². The molecule has 0 aliphatic heterocycles. The van der Waals surface area contributed by atoms with Gasteiger partial charge < -0.3 is 0 Å². The summed E-state index contributed by atoms with van der Waals surface area (Å²) in [6.45, 7) is 2.25. The standard InChI is InChI=1S/C13H18S/c1-3-5-6-7-9-12-10-13(8-4-2)14-11-12/h2,10-11H,3,5-9H2,1H3. The van der Waals surface area contributed by atoms with Crippen molar-refractivity contribution < 1.29 is 0 Å². The maximum absolute atomic E-state index is 5.27. The second-order valence-electron chi connectivity index (χ2n) is 3.61. The SMILES string of the molecule is C#CCc1cc(CCCCCC)cs1. The van der Waals surface area contributed by atoms with Crippen molar-refractivity contribution in [1.82, 2.24) is 0 Å². The lowest BCUT2D eigenvalue weighted by Gasteiger charge is -1.96. The fourth-order valence-electron chi connectivity index (χ4n) is 1.51. The van der Waals surface area contributed by atoms with Gasteiger partial charge in [-0.15, -0.1) is 23.7 Å². The second-order valence-corrected chi connectivity index (χ2v) is 4.61. The molecule has 0 nitrogen and oxygen atoms in total. The summed E-state index contributed by atoms with van der Waals surface area (Å²) < 4.78 is 0. The number of unbranched alkanes of at least 4 members (excludes halogenated alkanes) is 3. The van der Waals surface area contributed by atoms with E-state index in [1.54, 1.807) is 11.3 Å². The average molecular weight is 206 g/mol. The van der Waals surface area contributed by atoms with Gasteiger partial charge in [0.25, 0.3) is 0 Å². The van der Waals surface area contributed by atoms with Crippen molar-refractivity contribution in [3.63, 3.8) is 0 Å². The minimum atomic E-state index is 0.791. The Bertz CT molecular complexity index is 290. The minimum Gasteiger partial charge on any atom is -0.148 e. The predicted octanol–water partition coefficient (Wildman–Crippen LogP) is 4.05. The molecule has 0 spiro atoms. The van der Waals surface area contributed by atoms with Crippen LogP contribution in [0.15, 0.2) is 11.4 Å². The number of hydrogen-bond donors (Lipinski definition) is 0. The predicted molar refractivity (Wildman–Crippen MR) is 64.7 cm³/mol. The van der Waals surface area contributed by atoms with Gasteiger partial charge in [-0.05, 0) is 29.9 Å². The van der Waals surface area contributed by atoms with E-state index in [2.05, 4.69) is 24.3 Å². The first-order chi connectivity index (χ1) is 6.86. The molecule has 0 N–H and O–H groups in total. The lowest BCUT2D eigenvalue weighted by molar-refractivity contribution is 0.667. The second kappa shape index (κ2) is 6.68. The Balaban J connectivity index is 2.26. The van der Waals surface area contributed by atoms with E-state index in [1.807, 2.05) is 0 Å². The molecule has 0 unspecified atom stereocenters. The lowest BCUT2D eigenvalue weighted by atomic mass is 10.1. The summed E-state index contributed by atoms with van der Waals surface area (Å²) in [5.74, 6) is 2.68. The maximum atomic E-state index is 5.27. The summed E-state index contributed by atoms with van der Waals surface area (Å²) in [7, 11) is 0. The van der Waals surface area contributed by atoms with Gasteiger partial charge in [-0.2, -0.15) is 0 Å². The Morgan fingerprint density at radius 1 is 1.36 bits per heavy atom. The first-order valence-corrected chi connectivity index (χ1v) is 6.24. The van der Waals surface area contributed by atoms with Crippen LogP contribution in [-0.4, -0.2) is 0 Å². The summed E-state index contributed by atoms with van der Waals surface area (Å²) >= 11 is 1.80. The zero-order chi connectivity index (χ0) is 10.2. The summed E-state index contributed by atoms with van der Waals surface area (Å²) in [4.78, 5) is 1.33. The molecule has 1 heterocycles. The highest BCUT2D eigenvalue weighted by Gasteiger charge is 1.98. The molecule has 0 radical (unpaired) electrons. The highest BCUT2D eigenvalue weighted by molar-refractivity contribution is 7.10. The molecular formula is C13H18S. The molecule has 0 saturated heterocycles. The molecule has 0 aliphatic carbocycles. The largest absolute Gasteiger partial charge is 0.148 e. The summed E-state index contributed by atoms with van der Waals surface area (Å²) in [6, 6.07) is 2.26. The molecule has 0 aliphatic rings. The summed E-state index contributed by atoms with van der Waals surface area (Å²) in [5, 5.41) is 2.25. The minimum absolute atomic E-state index is 0.791. The van der Waals surface area contributed by atoms with Crippen LogP contribution in [0.5, 0.6) is 0 Å². The molecular weight excluding hydrogens is 188 g/mol. The van der Waals surface area contributed by atoms with Crippen molar-refractivity contribution in [1.29, 1.82) is 0 Å². The third-order valence-corrected chi connectivity index (χ3v) is 3.29. The van der Waals surface area contributed by atoms with Crippen LogP contribution in [0, 0.1) is 12.3 Å². The van der Waals surface area contributed by atoms with Crippen LogP contribution in [0.2, 0.25) is 0 Å². The Morgan fingerprint density at radius 2 is 2.21 bits per heavy atom. The molecule has 76 valence electrons. The van der Waals surface area contributed by atoms with Gasteiger partial charge in [0.15, 0.2) is 0 Å². The van der Waals surface area contributed by atoms with E-state index in [0.717, 1.165) is 6.42 Å². The molecule has 0 aromatic carbocycles. The molecule has 1 aromatic rings. The zero-order valence-electron chi connectivity index (χ0n) is 8.88. The van der Waals surface area contributed by atoms with Crippen molar-refractivity contribution in [3.05, 3.63) is 21.9 Å². The smallest absolute Gasteiger partial charge is 0.0432 e. The molecule has 0 fully saturated rings. The highest BCUT2D eigenvalue weighted by Crippen LogP contribution is 2.17. The van der Waals surface area contributed by atoms with Crippen molar-refractivity contribution in [3.8, 4) is 12.3 Å². The highest BCUT2D eigenvalue weighted by atomic mass is 32.1. The fraction of sp³-hybridized carbons (Fsp3) is 0.538. The van der Waals surface area contributed by atoms with E-state index in [-0.39, 0.29) is 0 Å². The first-order valence-electron chi connectivity index (χ1n) is 5.36. The van der Waals surface area contributed by atoms with Crippen LogP contribution >= 0.6 is 11.3 Å². The van der Waals surface area contributed by atoms with Crippen LogP contribution in [0.1, 0.15) is 43.0 Å². The fourth-order valence-corrected chi connectivity index (χ4v) is 2.38. The molecule has 1 aromatic heterocycles. The van der Waals surface area contributed by atoms with Crippen LogP contribution in [-0.2, 0) is 12.8 Å². The third-order valence-electron chi connectivity index (χ3n) is 2.30. The maximum Gasteiger partial charge on any atom is 0.0432 e. The number of thiophene rings is 1. The van der Waals surface area contributed by atoms with Gasteiger partial charge in [0, 0.05) is 11.3 Å². The Labute approximate surface area is 91.4 Å². The number of aryl methyl sites for hydroxylation is 1. The molecule has 0 bridgehead atoms. The van der Waals surface area contributed by atoms with E-state index in [9.17, 15) is 0 Å². The van der Waals surface area contributed by atoms with Gasteiger partial charge in [0.1, 0.15) is 0 Å². The summed E-state index contributed by atoms with van der Waals surface area (Å²) in [6.07, 6.45) is 12.6. The lowest BCUT2D eigenvalue weighted by Crippen LogP contribution is -1.82. The van der Waals surface area contributed by atoms with Gasteiger partial charge >= 0.3 is 0 Å². The van der Waals surface area contributed by atoms with Gasteiger partial charge in [-0.1, -0.05) is 26.2 Å². The number of rotatable bonds is 6. The van der Waals surface area contributed by atoms with E-state index < -0.39 is 0 Å². The third kappa shape index (κ3) is 3.98. The average Bonchev–Trinajstić information content (AvgIpc) is 2.61. The molecule has 0 saturated carbocycles.